The molecule has 1 heterocycles. The molecule has 1 N–H and O–H groups in total. The lowest BCUT2D eigenvalue weighted by molar-refractivity contribution is 0.199. The van der Waals surface area contributed by atoms with Crippen molar-refractivity contribution in [1.29, 1.82) is 0 Å². The number of aromatic nitrogens is 1. The van der Waals surface area contributed by atoms with Crippen LogP contribution < -0.4 is 4.90 Å². The van der Waals surface area contributed by atoms with Crippen molar-refractivity contribution in [3.8, 4) is 0 Å². The molecule has 4 heteroatoms. The van der Waals surface area contributed by atoms with Gasteiger partial charge in [-0.1, -0.05) is 0 Å². The Morgan fingerprint density at radius 1 is 1.29 bits per heavy atom. The van der Waals surface area contributed by atoms with Crippen molar-refractivity contribution in [3.05, 3.63) is 59.2 Å². The van der Waals surface area contributed by atoms with E-state index >= 15 is 0 Å². The first kappa shape index (κ1) is 15.4. The zero-order valence-electron chi connectivity index (χ0n) is 12.7. The highest BCUT2D eigenvalue weighted by Gasteiger charge is 2.16. The van der Waals surface area contributed by atoms with E-state index in [0.717, 1.165) is 17.8 Å². The Bertz CT molecular complexity index is 599. The molecule has 0 amide bonds. The lowest BCUT2D eigenvalue weighted by Gasteiger charge is -2.27. The van der Waals surface area contributed by atoms with E-state index in [1.54, 1.807) is 26.2 Å². The van der Waals surface area contributed by atoms with Crippen molar-refractivity contribution in [3.63, 3.8) is 0 Å². The predicted octanol–water partition coefficient (Wildman–Crippen LogP) is 3.61. The monoisotopic (exact) mass is 288 g/mol. The van der Waals surface area contributed by atoms with Crippen LogP contribution in [0, 0.1) is 12.7 Å². The molecule has 1 aromatic carbocycles. The quantitative estimate of drug-likeness (QED) is 0.913. The Labute approximate surface area is 125 Å². The maximum absolute atomic E-state index is 13.8. The van der Waals surface area contributed by atoms with Crippen molar-refractivity contribution in [2.75, 3.05) is 11.4 Å². The van der Waals surface area contributed by atoms with Crippen LogP contribution in [0.25, 0.3) is 0 Å². The van der Waals surface area contributed by atoms with Gasteiger partial charge < -0.3 is 10.0 Å². The molecule has 0 saturated carbocycles. The molecule has 1 aromatic heterocycles. The summed E-state index contributed by atoms with van der Waals surface area (Å²) < 4.78 is 13.8. The summed E-state index contributed by atoms with van der Waals surface area (Å²) in [6.45, 7) is 6.92. The number of hydrogen-bond donors (Lipinski definition) is 1. The standard InChI is InChI=1S/C17H21FN2O/c1-4-20(11-14-5-7-19-8-6-14)17-9-12(2)16(18)10-15(17)13(3)21/h5-10,13,21H,4,11H2,1-3H3. The minimum absolute atomic E-state index is 0.283. The van der Waals surface area contributed by atoms with Crippen LogP contribution in [0.15, 0.2) is 36.7 Å². The summed E-state index contributed by atoms with van der Waals surface area (Å²) in [4.78, 5) is 6.14. The van der Waals surface area contributed by atoms with Gasteiger partial charge in [0.2, 0.25) is 0 Å². The average Bonchev–Trinajstić information content (AvgIpc) is 2.48. The molecule has 1 atom stereocenters. The molecule has 2 rings (SSSR count). The van der Waals surface area contributed by atoms with Crippen LogP contribution in [0.2, 0.25) is 0 Å². The van der Waals surface area contributed by atoms with Crippen LogP contribution in [-0.2, 0) is 6.54 Å². The molecule has 0 aliphatic rings. The topological polar surface area (TPSA) is 36.4 Å². The van der Waals surface area contributed by atoms with E-state index in [9.17, 15) is 9.50 Å². The first-order valence-corrected chi connectivity index (χ1v) is 7.15. The second-order valence-corrected chi connectivity index (χ2v) is 5.21. The zero-order chi connectivity index (χ0) is 15.4. The second kappa shape index (κ2) is 6.68. The summed E-state index contributed by atoms with van der Waals surface area (Å²) in [5.41, 5.74) is 3.21. The summed E-state index contributed by atoms with van der Waals surface area (Å²) >= 11 is 0. The third-order valence-corrected chi connectivity index (χ3v) is 3.60. The molecule has 1 unspecified atom stereocenters. The molecule has 112 valence electrons. The number of hydrogen-bond acceptors (Lipinski definition) is 3. The van der Waals surface area contributed by atoms with Crippen molar-refractivity contribution >= 4 is 5.69 Å². The van der Waals surface area contributed by atoms with Gasteiger partial charge in [0.25, 0.3) is 0 Å². The molecule has 0 fully saturated rings. The maximum atomic E-state index is 13.8. The summed E-state index contributed by atoms with van der Waals surface area (Å²) in [5, 5.41) is 9.93. The fourth-order valence-corrected chi connectivity index (χ4v) is 2.37. The fourth-order valence-electron chi connectivity index (χ4n) is 2.37. The van der Waals surface area contributed by atoms with Gasteiger partial charge in [0.15, 0.2) is 0 Å². The van der Waals surface area contributed by atoms with Gasteiger partial charge in [-0.25, -0.2) is 4.39 Å². The van der Waals surface area contributed by atoms with Crippen LogP contribution >= 0.6 is 0 Å². The van der Waals surface area contributed by atoms with Gasteiger partial charge in [0, 0.05) is 36.7 Å². The molecule has 2 aromatic rings. The third kappa shape index (κ3) is 3.58. The van der Waals surface area contributed by atoms with Gasteiger partial charge >= 0.3 is 0 Å². The molecule has 3 nitrogen and oxygen atoms in total. The highest BCUT2D eigenvalue weighted by Crippen LogP contribution is 2.30. The fraction of sp³-hybridized carbons (Fsp3) is 0.353. The molecule has 0 aliphatic carbocycles. The van der Waals surface area contributed by atoms with E-state index in [4.69, 9.17) is 0 Å². The lowest BCUT2D eigenvalue weighted by Crippen LogP contribution is -2.24. The number of pyridine rings is 1. The SMILES string of the molecule is CCN(Cc1ccncc1)c1cc(C)c(F)cc1C(C)O. The lowest BCUT2D eigenvalue weighted by atomic mass is 10.0. The average molecular weight is 288 g/mol. The van der Waals surface area contributed by atoms with Crippen molar-refractivity contribution in [1.82, 2.24) is 4.98 Å². The van der Waals surface area contributed by atoms with Crippen LogP contribution in [0.3, 0.4) is 0 Å². The van der Waals surface area contributed by atoms with Crippen molar-refractivity contribution < 1.29 is 9.50 Å². The first-order valence-electron chi connectivity index (χ1n) is 7.15. The summed E-state index contributed by atoms with van der Waals surface area (Å²) in [6.07, 6.45) is 2.81. The number of aliphatic hydroxyl groups is 1. The van der Waals surface area contributed by atoms with E-state index in [-0.39, 0.29) is 5.82 Å². The molecular formula is C17H21FN2O. The van der Waals surface area contributed by atoms with E-state index in [0.29, 0.717) is 17.7 Å². The van der Waals surface area contributed by atoms with Crippen LogP contribution in [-0.4, -0.2) is 16.6 Å². The normalized spacial score (nSPS) is 12.2. The molecule has 0 bridgehead atoms. The molecular weight excluding hydrogens is 267 g/mol. The minimum Gasteiger partial charge on any atom is -0.389 e. The zero-order valence-corrected chi connectivity index (χ0v) is 12.7. The molecule has 0 aliphatic heterocycles. The predicted molar refractivity (Wildman–Crippen MR) is 82.7 cm³/mol. The Kier molecular flexibility index (Phi) is 4.91. The van der Waals surface area contributed by atoms with Crippen LogP contribution in [0.5, 0.6) is 0 Å². The number of benzene rings is 1. The smallest absolute Gasteiger partial charge is 0.126 e. The number of nitrogens with zero attached hydrogens (tertiary/aromatic N) is 2. The summed E-state index contributed by atoms with van der Waals surface area (Å²) in [5.74, 6) is -0.283. The minimum atomic E-state index is -0.707. The van der Waals surface area contributed by atoms with E-state index < -0.39 is 6.10 Å². The number of halogens is 1. The van der Waals surface area contributed by atoms with Gasteiger partial charge in [-0.3, -0.25) is 4.98 Å². The van der Waals surface area contributed by atoms with Gasteiger partial charge in [-0.15, -0.1) is 0 Å². The van der Waals surface area contributed by atoms with Gasteiger partial charge in [0.05, 0.1) is 6.10 Å². The van der Waals surface area contributed by atoms with Crippen molar-refractivity contribution in [2.45, 2.75) is 33.4 Å². The Hall–Kier alpha value is -1.94. The van der Waals surface area contributed by atoms with Gasteiger partial charge in [-0.05, 0) is 56.2 Å². The second-order valence-electron chi connectivity index (χ2n) is 5.21. The third-order valence-electron chi connectivity index (χ3n) is 3.60. The highest BCUT2D eigenvalue weighted by molar-refractivity contribution is 5.57. The van der Waals surface area contributed by atoms with Gasteiger partial charge in [0.1, 0.15) is 5.82 Å². The highest BCUT2D eigenvalue weighted by atomic mass is 19.1. The van der Waals surface area contributed by atoms with Crippen LogP contribution in [0.1, 0.15) is 36.6 Å². The van der Waals surface area contributed by atoms with Crippen molar-refractivity contribution in [2.24, 2.45) is 0 Å². The Balaban J connectivity index is 2.39. The molecule has 0 saturated heterocycles. The summed E-state index contributed by atoms with van der Waals surface area (Å²) in [6, 6.07) is 7.16. The Morgan fingerprint density at radius 2 is 1.95 bits per heavy atom. The van der Waals surface area contributed by atoms with E-state index in [1.807, 2.05) is 25.1 Å². The largest absolute Gasteiger partial charge is 0.389 e. The number of rotatable bonds is 5. The van der Waals surface area contributed by atoms with Gasteiger partial charge in [-0.2, -0.15) is 0 Å². The number of aliphatic hydroxyl groups excluding tert-OH is 1. The molecule has 0 spiro atoms. The van der Waals surface area contributed by atoms with Crippen LogP contribution in [0.4, 0.5) is 10.1 Å². The number of aryl methyl sites for hydroxylation is 1. The molecule has 0 radical (unpaired) electrons. The number of anilines is 1. The van der Waals surface area contributed by atoms with E-state index in [1.165, 1.54) is 6.07 Å². The van der Waals surface area contributed by atoms with E-state index in [2.05, 4.69) is 9.88 Å². The Morgan fingerprint density at radius 3 is 2.52 bits per heavy atom. The molecule has 21 heavy (non-hydrogen) atoms. The first-order chi connectivity index (χ1) is 10.0. The summed E-state index contributed by atoms with van der Waals surface area (Å²) in [7, 11) is 0. The maximum Gasteiger partial charge on any atom is 0.126 e.